The second-order valence-electron chi connectivity index (χ2n) is 2.99. The Kier molecular flexibility index (Phi) is 4.08. The topological polar surface area (TPSA) is 66.4 Å². The molecule has 16 heavy (non-hydrogen) atoms. The molecule has 0 atom stereocenters. The van der Waals surface area contributed by atoms with Crippen LogP contribution in [-0.2, 0) is 4.79 Å². The van der Waals surface area contributed by atoms with Gasteiger partial charge in [0.2, 0.25) is 5.91 Å². The Bertz CT molecular complexity index is 455. The highest BCUT2D eigenvalue weighted by Gasteiger charge is 2.08. The predicted molar refractivity (Wildman–Crippen MR) is 61.9 cm³/mol. The number of amides is 1. The Morgan fingerprint density at radius 1 is 1.44 bits per heavy atom. The fourth-order valence-corrected chi connectivity index (χ4v) is 1.24. The number of benzene rings is 1. The number of allylic oxidation sites excluding steroid dienone is 1. The summed E-state index contributed by atoms with van der Waals surface area (Å²) in [6.07, 6.45) is 2.90. The summed E-state index contributed by atoms with van der Waals surface area (Å²) in [6, 6.07) is 4.11. The second kappa shape index (κ2) is 5.32. The molecule has 0 unspecified atom stereocenters. The van der Waals surface area contributed by atoms with Gasteiger partial charge in [-0.3, -0.25) is 4.79 Å². The summed E-state index contributed by atoms with van der Waals surface area (Å²) >= 11 is 5.81. The summed E-state index contributed by atoms with van der Waals surface area (Å²) in [5.74, 6) is -1.43. The number of aromatic carboxylic acids is 1. The first-order valence-electron chi connectivity index (χ1n) is 4.51. The molecule has 0 radical (unpaired) electrons. The number of carbonyl (C=O) groups excluding carboxylic acids is 1. The van der Waals surface area contributed by atoms with Gasteiger partial charge in [-0.05, 0) is 31.2 Å². The van der Waals surface area contributed by atoms with E-state index in [0.29, 0.717) is 5.02 Å². The molecule has 0 aliphatic carbocycles. The van der Waals surface area contributed by atoms with Crippen molar-refractivity contribution in [1.82, 2.24) is 0 Å². The Labute approximate surface area is 97.5 Å². The number of nitrogens with one attached hydrogen (secondary N) is 1. The molecule has 4 nitrogen and oxygen atoms in total. The monoisotopic (exact) mass is 239 g/mol. The lowest BCUT2D eigenvalue weighted by molar-refractivity contribution is -0.111. The number of carboxylic acid groups (broad SMARTS) is 1. The standard InChI is InChI=1S/C11H10ClNO3/c1-2-3-10(14)13-9-6-7(11(15)16)4-5-8(9)12/h2-6H,1H3,(H,13,14)(H,15,16)/b3-2+. The number of hydrogen-bond donors (Lipinski definition) is 2. The smallest absolute Gasteiger partial charge is 0.335 e. The Morgan fingerprint density at radius 2 is 2.12 bits per heavy atom. The first-order valence-corrected chi connectivity index (χ1v) is 4.89. The van der Waals surface area contributed by atoms with E-state index in [1.54, 1.807) is 13.0 Å². The molecular formula is C11H10ClNO3. The molecule has 1 aromatic rings. The van der Waals surface area contributed by atoms with Gasteiger partial charge in [0.25, 0.3) is 0 Å². The molecule has 5 heteroatoms. The lowest BCUT2D eigenvalue weighted by Crippen LogP contribution is -2.09. The van der Waals surface area contributed by atoms with Crippen LogP contribution in [0.3, 0.4) is 0 Å². The van der Waals surface area contributed by atoms with Crippen LogP contribution in [0.2, 0.25) is 5.02 Å². The maximum absolute atomic E-state index is 11.2. The van der Waals surface area contributed by atoms with E-state index in [2.05, 4.69) is 5.32 Å². The zero-order valence-corrected chi connectivity index (χ0v) is 9.28. The number of anilines is 1. The van der Waals surface area contributed by atoms with Crippen molar-refractivity contribution in [3.05, 3.63) is 40.9 Å². The van der Waals surface area contributed by atoms with Crippen molar-refractivity contribution in [2.45, 2.75) is 6.92 Å². The zero-order valence-electron chi connectivity index (χ0n) is 8.53. The van der Waals surface area contributed by atoms with Gasteiger partial charge in [-0.2, -0.15) is 0 Å². The summed E-state index contributed by atoms with van der Waals surface area (Å²) < 4.78 is 0. The molecule has 2 N–H and O–H groups in total. The van der Waals surface area contributed by atoms with Crippen molar-refractivity contribution in [2.24, 2.45) is 0 Å². The van der Waals surface area contributed by atoms with Crippen LogP contribution in [-0.4, -0.2) is 17.0 Å². The van der Waals surface area contributed by atoms with Crippen molar-refractivity contribution in [1.29, 1.82) is 0 Å². The summed E-state index contributed by atoms with van der Waals surface area (Å²) in [5, 5.41) is 11.5. The minimum Gasteiger partial charge on any atom is -0.478 e. The van der Waals surface area contributed by atoms with Crippen LogP contribution in [0, 0.1) is 0 Å². The minimum absolute atomic E-state index is 0.0696. The quantitative estimate of drug-likeness (QED) is 0.797. The number of rotatable bonds is 3. The lowest BCUT2D eigenvalue weighted by Gasteiger charge is -2.05. The molecule has 0 spiro atoms. The molecule has 0 saturated heterocycles. The molecule has 1 aromatic carbocycles. The van der Waals surface area contributed by atoms with Gasteiger partial charge in [0.1, 0.15) is 0 Å². The minimum atomic E-state index is -1.07. The van der Waals surface area contributed by atoms with Crippen LogP contribution in [0.5, 0.6) is 0 Å². The average molecular weight is 240 g/mol. The normalized spacial score (nSPS) is 10.4. The summed E-state index contributed by atoms with van der Waals surface area (Å²) in [7, 11) is 0. The average Bonchev–Trinajstić information content (AvgIpc) is 2.21. The molecule has 0 fully saturated rings. The van der Waals surface area contributed by atoms with Gasteiger partial charge in [0.15, 0.2) is 0 Å². The molecule has 84 valence electrons. The summed E-state index contributed by atoms with van der Waals surface area (Å²) in [6.45, 7) is 1.70. The molecule has 0 aliphatic heterocycles. The van der Waals surface area contributed by atoms with Crippen molar-refractivity contribution in [3.8, 4) is 0 Å². The maximum Gasteiger partial charge on any atom is 0.335 e. The highest BCUT2D eigenvalue weighted by atomic mass is 35.5. The Balaban J connectivity index is 2.98. The highest BCUT2D eigenvalue weighted by molar-refractivity contribution is 6.34. The third kappa shape index (κ3) is 3.10. The number of halogens is 1. The Morgan fingerprint density at radius 3 is 2.69 bits per heavy atom. The third-order valence-electron chi connectivity index (χ3n) is 1.79. The van der Waals surface area contributed by atoms with Gasteiger partial charge < -0.3 is 10.4 Å². The van der Waals surface area contributed by atoms with Crippen molar-refractivity contribution in [2.75, 3.05) is 5.32 Å². The van der Waals surface area contributed by atoms with Crippen molar-refractivity contribution in [3.63, 3.8) is 0 Å². The first kappa shape index (κ1) is 12.3. The van der Waals surface area contributed by atoms with Crippen LogP contribution in [0.15, 0.2) is 30.4 Å². The van der Waals surface area contributed by atoms with Gasteiger partial charge in [0, 0.05) is 0 Å². The van der Waals surface area contributed by atoms with E-state index < -0.39 is 5.97 Å². The van der Waals surface area contributed by atoms with Gasteiger partial charge in [-0.15, -0.1) is 0 Å². The van der Waals surface area contributed by atoms with E-state index in [1.165, 1.54) is 24.3 Å². The highest BCUT2D eigenvalue weighted by Crippen LogP contribution is 2.23. The van der Waals surface area contributed by atoms with E-state index in [-0.39, 0.29) is 17.2 Å². The summed E-state index contributed by atoms with van der Waals surface area (Å²) in [5.41, 5.74) is 0.352. The first-order chi connectivity index (χ1) is 7.54. The molecule has 1 rings (SSSR count). The van der Waals surface area contributed by atoms with Gasteiger partial charge in [0.05, 0.1) is 16.3 Å². The van der Waals surface area contributed by atoms with E-state index >= 15 is 0 Å². The largest absolute Gasteiger partial charge is 0.478 e. The fraction of sp³-hybridized carbons (Fsp3) is 0.0909. The predicted octanol–water partition coefficient (Wildman–Crippen LogP) is 2.55. The Hall–Kier alpha value is -1.81. The van der Waals surface area contributed by atoms with Crippen molar-refractivity contribution < 1.29 is 14.7 Å². The zero-order chi connectivity index (χ0) is 12.1. The fourth-order valence-electron chi connectivity index (χ4n) is 1.08. The summed E-state index contributed by atoms with van der Waals surface area (Å²) in [4.78, 5) is 21.9. The van der Waals surface area contributed by atoms with Crippen LogP contribution < -0.4 is 5.32 Å². The molecule has 0 heterocycles. The van der Waals surface area contributed by atoms with Crippen LogP contribution in [0.4, 0.5) is 5.69 Å². The lowest BCUT2D eigenvalue weighted by atomic mass is 10.2. The van der Waals surface area contributed by atoms with Crippen LogP contribution in [0.1, 0.15) is 17.3 Å². The molecule has 0 bridgehead atoms. The number of carbonyl (C=O) groups is 2. The molecule has 1 amide bonds. The molecule has 0 aromatic heterocycles. The number of hydrogen-bond acceptors (Lipinski definition) is 2. The van der Waals surface area contributed by atoms with E-state index in [1.807, 2.05) is 0 Å². The van der Waals surface area contributed by atoms with Gasteiger partial charge in [-0.25, -0.2) is 4.79 Å². The molecule has 0 saturated carbocycles. The van der Waals surface area contributed by atoms with Crippen molar-refractivity contribution >= 4 is 29.2 Å². The van der Waals surface area contributed by atoms with Crippen LogP contribution >= 0.6 is 11.6 Å². The van der Waals surface area contributed by atoms with Crippen LogP contribution in [0.25, 0.3) is 0 Å². The number of carboxylic acids is 1. The van der Waals surface area contributed by atoms with Gasteiger partial charge >= 0.3 is 5.97 Å². The second-order valence-corrected chi connectivity index (χ2v) is 3.40. The SMILES string of the molecule is C/C=C/C(=O)Nc1cc(C(=O)O)ccc1Cl. The third-order valence-corrected chi connectivity index (χ3v) is 2.12. The van der Waals surface area contributed by atoms with Gasteiger partial charge in [-0.1, -0.05) is 17.7 Å². The maximum atomic E-state index is 11.2. The molecule has 0 aliphatic rings. The van der Waals surface area contributed by atoms with E-state index in [9.17, 15) is 9.59 Å². The van der Waals surface area contributed by atoms with E-state index in [0.717, 1.165) is 0 Å². The van der Waals surface area contributed by atoms with E-state index in [4.69, 9.17) is 16.7 Å². The molecular weight excluding hydrogens is 230 g/mol.